The van der Waals surface area contributed by atoms with Crippen LogP contribution in [-0.2, 0) is 13.0 Å². The maximum Gasteiger partial charge on any atom is 0.318 e. The molecule has 1 atom stereocenters. The van der Waals surface area contributed by atoms with Gasteiger partial charge < -0.3 is 10.2 Å². The van der Waals surface area contributed by atoms with Crippen LogP contribution in [0.25, 0.3) is 0 Å². The Balaban J connectivity index is 1.44. The summed E-state index contributed by atoms with van der Waals surface area (Å²) in [5, 5.41) is 3.22. The van der Waals surface area contributed by atoms with Gasteiger partial charge in [-0.1, -0.05) is 60.7 Å². The molecule has 0 saturated carbocycles. The van der Waals surface area contributed by atoms with Crippen LogP contribution in [0, 0.1) is 0 Å². The topological polar surface area (TPSA) is 48.5 Å². The number of hydrogen-bond donors (Lipinski definition) is 1. The van der Waals surface area contributed by atoms with E-state index >= 15 is 0 Å². The standard InChI is InChI=1S/C28H32N4O/c33-28-30-18-8-12-22-9-4-5-14-26(22)27(23-10-2-1-3-11-23)32(28)25-15-19-31(20-16-25)21-24-13-6-7-17-29-24/h1-7,9-11,13-14,17,25,27H,8,12,15-16,18-21H2,(H,30,33). The SMILES string of the molecule is O=C1NCCCc2ccccc2C(c2ccccc2)N1C1CCN(Cc2ccccn2)CC1. The molecule has 2 aromatic carbocycles. The highest BCUT2D eigenvalue weighted by Crippen LogP contribution is 2.36. The third kappa shape index (κ3) is 4.93. The molecular weight excluding hydrogens is 408 g/mol. The second-order valence-electron chi connectivity index (χ2n) is 9.08. The van der Waals surface area contributed by atoms with E-state index in [2.05, 4.69) is 74.7 Å². The molecular formula is C28H32N4O. The molecule has 5 rings (SSSR count). The number of nitrogens with zero attached hydrogens (tertiary/aromatic N) is 3. The zero-order chi connectivity index (χ0) is 22.5. The van der Waals surface area contributed by atoms with E-state index in [4.69, 9.17) is 0 Å². The molecule has 1 aromatic heterocycles. The lowest BCUT2D eigenvalue weighted by molar-refractivity contribution is 0.101. The van der Waals surface area contributed by atoms with Crippen LogP contribution in [0.3, 0.4) is 0 Å². The van der Waals surface area contributed by atoms with Gasteiger partial charge in [-0.05, 0) is 54.5 Å². The zero-order valence-corrected chi connectivity index (χ0v) is 19.1. The molecule has 2 aliphatic rings. The number of carbonyl (C=O) groups is 1. The van der Waals surface area contributed by atoms with Gasteiger partial charge in [0.15, 0.2) is 0 Å². The summed E-state index contributed by atoms with van der Waals surface area (Å²) < 4.78 is 0. The normalized spacial score (nSPS) is 20.3. The van der Waals surface area contributed by atoms with Gasteiger partial charge in [-0.3, -0.25) is 9.88 Å². The number of rotatable bonds is 4. The number of piperidine rings is 1. The van der Waals surface area contributed by atoms with Crippen molar-refractivity contribution in [3.8, 4) is 0 Å². The number of amides is 2. The summed E-state index contributed by atoms with van der Waals surface area (Å²) in [6, 6.07) is 25.5. The highest BCUT2D eigenvalue weighted by atomic mass is 16.2. The van der Waals surface area contributed by atoms with Gasteiger partial charge in [0.2, 0.25) is 0 Å². The Bertz CT molecular complexity index is 1050. The quantitative estimate of drug-likeness (QED) is 0.634. The molecule has 1 saturated heterocycles. The van der Waals surface area contributed by atoms with Crippen LogP contribution >= 0.6 is 0 Å². The van der Waals surface area contributed by atoms with E-state index in [1.807, 2.05) is 24.4 Å². The minimum Gasteiger partial charge on any atom is -0.338 e. The fraction of sp³-hybridized carbons (Fsp3) is 0.357. The van der Waals surface area contributed by atoms with Crippen molar-refractivity contribution in [2.75, 3.05) is 19.6 Å². The van der Waals surface area contributed by atoms with E-state index in [1.165, 1.54) is 16.7 Å². The highest BCUT2D eigenvalue weighted by Gasteiger charge is 2.36. The van der Waals surface area contributed by atoms with Gasteiger partial charge in [0, 0.05) is 38.4 Å². The minimum absolute atomic E-state index is 0.0590. The van der Waals surface area contributed by atoms with Crippen molar-refractivity contribution in [3.05, 3.63) is 101 Å². The number of nitrogens with one attached hydrogen (secondary N) is 1. The van der Waals surface area contributed by atoms with Crippen LogP contribution in [0.4, 0.5) is 4.79 Å². The molecule has 0 radical (unpaired) electrons. The number of likely N-dealkylation sites (tertiary alicyclic amines) is 1. The number of carbonyl (C=O) groups excluding carboxylic acids is 1. The van der Waals surface area contributed by atoms with Crippen molar-refractivity contribution >= 4 is 6.03 Å². The first kappa shape index (κ1) is 21.7. The van der Waals surface area contributed by atoms with Crippen molar-refractivity contribution in [3.63, 3.8) is 0 Å². The molecule has 1 unspecified atom stereocenters. The molecule has 1 fully saturated rings. The molecule has 0 spiro atoms. The number of pyridine rings is 1. The highest BCUT2D eigenvalue weighted by molar-refractivity contribution is 5.76. The summed E-state index contributed by atoms with van der Waals surface area (Å²) in [7, 11) is 0. The maximum atomic E-state index is 13.6. The van der Waals surface area contributed by atoms with Gasteiger partial charge in [0.25, 0.3) is 0 Å². The van der Waals surface area contributed by atoms with Crippen molar-refractivity contribution in [1.82, 2.24) is 20.1 Å². The van der Waals surface area contributed by atoms with Crippen molar-refractivity contribution < 1.29 is 4.79 Å². The summed E-state index contributed by atoms with van der Waals surface area (Å²) in [6.07, 6.45) is 5.73. The molecule has 170 valence electrons. The van der Waals surface area contributed by atoms with Gasteiger partial charge in [-0.25, -0.2) is 4.79 Å². The van der Waals surface area contributed by atoms with E-state index in [0.29, 0.717) is 6.54 Å². The van der Waals surface area contributed by atoms with Gasteiger partial charge >= 0.3 is 6.03 Å². The molecule has 1 N–H and O–H groups in total. The third-order valence-electron chi connectivity index (χ3n) is 6.94. The average molecular weight is 441 g/mol. The van der Waals surface area contributed by atoms with Crippen LogP contribution in [0.15, 0.2) is 79.0 Å². The monoisotopic (exact) mass is 440 g/mol. The van der Waals surface area contributed by atoms with Crippen LogP contribution in [0.2, 0.25) is 0 Å². The summed E-state index contributed by atoms with van der Waals surface area (Å²) in [4.78, 5) is 22.7. The minimum atomic E-state index is -0.0761. The molecule has 5 nitrogen and oxygen atoms in total. The van der Waals surface area contributed by atoms with E-state index in [0.717, 1.165) is 51.0 Å². The number of fused-ring (bicyclic) bond motifs is 1. The fourth-order valence-corrected chi connectivity index (χ4v) is 5.29. The Labute approximate surface area is 196 Å². The first-order valence-corrected chi connectivity index (χ1v) is 12.1. The largest absolute Gasteiger partial charge is 0.338 e. The first-order chi connectivity index (χ1) is 16.3. The van der Waals surface area contributed by atoms with Crippen molar-refractivity contribution in [2.24, 2.45) is 0 Å². The third-order valence-corrected chi connectivity index (χ3v) is 6.94. The summed E-state index contributed by atoms with van der Waals surface area (Å²) >= 11 is 0. The number of aromatic nitrogens is 1. The molecule has 2 aliphatic heterocycles. The van der Waals surface area contributed by atoms with Crippen molar-refractivity contribution in [2.45, 2.75) is 44.3 Å². The number of benzene rings is 2. The van der Waals surface area contributed by atoms with Crippen molar-refractivity contribution in [1.29, 1.82) is 0 Å². The van der Waals surface area contributed by atoms with Gasteiger partial charge in [-0.15, -0.1) is 0 Å². The predicted octanol–water partition coefficient (Wildman–Crippen LogP) is 4.79. The molecule has 0 aliphatic carbocycles. The Kier molecular flexibility index (Phi) is 6.68. The Morgan fingerprint density at radius 3 is 2.45 bits per heavy atom. The molecule has 2 amide bonds. The predicted molar refractivity (Wildman–Crippen MR) is 131 cm³/mol. The summed E-state index contributed by atoms with van der Waals surface area (Å²) in [5.41, 5.74) is 4.89. The van der Waals surface area contributed by atoms with Gasteiger partial charge in [0.05, 0.1) is 11.7 Å². The summed E-state index contributed by atoms with van der Waals surface area (Å²) in [5.74, 6) is 0. The average Bonchev–Trinajstić information content (AvgIpc) is 2.94. The van der Waals surface area contributed by atoms with E-state index < -0.39 is 0 Å². The van der Waals surface area contributed by atoms with Gasteiger partial charge in [0.1, 0.15) is 0 Å². The lowest BCUT2D eigenvalue weighted by atomic mass is 9.89. The van der Waals surface area contributed by atoms with Crippen LogP contribution in [0.1, 0.15) is 47.7 Å². The molecule has 5 heteroatoms. The number of hydrogen-bond acceptors (Lipinski definition) is 3. The van der Waals surface area contributed by atoms with Crippen LogP contribution in [-0.4, -0.2) is 46.5 Å². The van der Waals surface area contributed by atoms with Gasteiger partial charge in [-0.2, -0.15) is 0 Å². The fourth-order valence-electron chi connectivity index (χ4n) is 5.29. The lowest BCUT2D eigenvalue weighted by Gasteiger charge is -2.43. The second kappa shape index (κ2) is 10.2. The van der Waals surface area contributed by atoms with E-state index in [9.17, 15) is 4.79 Å². The number of urea groups is 1. The lowest BCUT2D eigenvalue weighted by Crippen LogP contribution is -2.52. The number of aryl methyl sites for hydroxylation is 1. The van der Waals surface area contributed by atoms with E-state index in [-0.39, 0.29) is 18.1 Å². The van der Waals surface area contributed by atoms with Crippen LogP contribution < -0.4 is 5.32 Å². The smallest absolute Gasteiger partial charge is 0.318 e. The molecule has 33 heavy (non-hydrogen) atoms. The summed E-state index contributed by atoms with van der Waals surface area (Å²) in [6.45, 7) is 3.51. The molecule has 3 heterocycles. The second-order valence-corrected chi connectivity index (χ2v) is 9.08. The zero-order valence-electron chi connectivity index (χ0n) is 19.1. The van der Waals surface area contributed by atoms with E-state index in [1.54, 1.807) is 0 Å². The Morgan fingerprint density at radius 2 is 1.67 bits per heavy atom. The Morgan fingerprint density at radius 1 is 0.909 bits per heavy atom. The molecule has 3 aromatic rings. The molecule has 0 bridgehead atoms. The van der Waals surface area contributed by atoms with Crippen LogP contribution in [0.5, 0.6) is 0 Å². The Hall–Kier alpha value is -3.18. The first-order valence-electron chi connectivity index (χ1n) is 12.1. The maximum absolute atomic E-state index is 13.6.